The SMILES string of the molecule is CC(C)(C)OC(=O)N1C[C@H](OCc2ccccc2)C[C@H]1c1nc(C(=O)c2ccc(F)cc2)cs1. The van der Waals surface area contributed by atoms with E-state index in [4.69, 9.17) is 9.47 Å². The summed E-state index contributed by atoms with van der Waals surface area (Å²) in [7, 11) is 0. The number of carbonyl (C=O) groups excluding carboxylic acids is 2. The summed E-state index contributed by atoms with van der Waals surface area (Å²) in [5.74, 6) is -0.697. The molecule has 1 amide bonds. The van der Waals surface area contributed by atoms with Gasteiger partial charge in [0.05, 0.1) is 25.3 Å². The summed E-state index contributed by atoms with van der Waals surface area (Å²) >= 11 is 1.32. The van der Waals surface area contributed by atoms with Crippen LogP contribution in [0.25, 0.3) is 0 Å². The average molecular weight is 483 g/mol. The van der Waals surface area contributed by atoms with E-state index in [2.05, 4.69) is 4.98 Å². The summed E-state index contributed by atoms with van der Waals surface area (Å²) in [6, 6.07) is 14.9. The number of aromatic nitrogens is 1. The maximum Gasteiger partial charge on any atom is 0.410 e. The maximum absolute atomic E-state index is 13.2. The highest BCUT2D eigenvalue weighted by atomic mass is 32.1. The number of carbonyl (C=O) groups is 2. The van der Waals surface area contributed by atoms with E-state index in [1.165, 1.54) is 35.6 Å². The third-order valence-corrected chi connectivity index (χ3v) is 6.31. The fraction of sp³-hybridized carbons (Fsp3) is 0.346. The van der Waals surface area contributed by atoms with E-state index in [1.54, 1.807) is 10.3 Å². The lowest BCUT2D eigenvalue weighted by atomic mass is 10.1. The zero-order valence-electron chi connectivity index (χ0n) is 19.4. The largest absolute Gasteiger partial charge is 0.444 e. The molecule has 8 heteroatoms. The number of amides is 1. The van der Waals surface area contributed by atoms with Crippen LogP contribution >= 0.6 is 11.3 Å². The molecule has 1 saturated heterocycles. The topological polar surface area (TPSA) is 68.7 Å². The van der Waals surface area contributed by atoms with Crippen LogP contribution in [0.4, 0.5) is 9.18 Å². The van der Waals surface area contributed by atoms with Gasteiger partial charge in [-0.2, -0.15) is 0 Å². The van der Waals surface area contributed by atoms with Crippen LogP contribution in [-0.2, 0) is 16.1 Å². The molecule has 1 aliphatic heterocycles. The smallest absolute Gasteiger partial charge is 0.410 e. The molecule has 0 bridgehead atoms. The van der Waals surface area contributed by atoms with Crippen LogP contribution in [0.15, 0.2) is 60.0 Å². The Kier molecular flexibility index (Phi) is 7.09. The van der Waals surface area contributed by atoms with E-state index in [1.807, 2.05) is 51.1 Å². The number of likely N-dealkylation sites (tertiary alicyclic amines) is 1. The van der Waals surface area contributed by atoms with Crippen molar-refractivity contribution in [1.29, 1.82) is 0 Å². The van der Waals surface area contributed by atoms with Crippen molar-refractivity contribution < 1.29 is 23.5 Å². The molecule has 0 unspecified atom stereocenters. The minimum absolute atomic E-state index is 0.196. The summed E-state index contributed by atoms with van der Waals surface area (Å²) in [4.78, 5) is 32.0. The first-order valence-corrected chi connectivity index (χ1v) is 12.0. The summed E-state index contributed by atoms with van der Waals surface area (Å²) in [6.45, 7) is 6.27. The molecule has 6 nitrogen and oxygen atoms in total. The lowest BCUT2D eigenvalue weighted by molar-refractivity contribution is 0.0148. The molecular formula is C26H27FN2O4S. The van der Waals surface area contributed by atoms with Gasteiger partial charge in [0.2, 0.25) is 5.78 Å². The van der Waals surface area contributed by atoms with Crippen LogP contribution in [0.2, 0.25) is 0 Å². The summed E-state index contributed by atoms with van der Waals surface area (Å²) < 4.78 is 25.0. The van der Waals surface area contributed by atoms with Gasteiger partial charge in [0.1, 0.15) is 22.1 Å². The Labute approximate surface area is 202 Å². The van der Waals surface area contributed by atoms with Crippen molar-refractivity contribution in [2.45, 2.75) is 51.5 Å². The number of ketones is 1. The Bertz CT molecular complexity index is 1140. The van der Waals surface area contributed by atoms with Gasteiger partial charge < -0.3 is 9.47 Å². The van der Waals surface area contributed by atoms with Crippen molar-refractivity contribution in [2.24, 2.45) is 0 Å². The fourth-order valence-corrected chi connectivity index (χ4v) is 4.68. The number of rotatable bonds is 6. The van der Waals surface area contributed by atoms with E-state index in [0.29, 0.717) is 30.1 Å². The van der Waals surface area contributed by atoms with Crippen LogP contribution in [0.3, 0.4) is 0 Å². The molecule has 1 fully saturated rings. The van der Waals surface area contributed by atoms with Gasteiger partial charge in [0.25, 0.3) is 0 Å². The molecule has 178 valence electrons. The fourth-order valence-electron chi connectivity index (χ4n) is 3.76. The Morgan fingerprint density at radius 2 is 1.82 bits per heavy atom. The predicted octanol–water partition coefficient (Wildman–Crippen LogP) is 5.78. The van der Waals surface area contributed by atoms with E-state index in [9.17, 15) is 14.0 Å². The van der Waals surface area contributed by atoms with Gasteiger partial charge in [-0.1, -0.05) is 30.3 Å². The second-order valence-corrected chi connectivity index (χ2v) is 10.1. The van der Waals surface area contributed by atoms with Gasteiger partial charge in [-0.25, -0.2) is 14.2 Å². The van der Waals surface area contributed by atoms with E-state index < -0.39 is 17.5 Å². The molecule has 1 aromatic heterocycles. The van der Waals surface area contributed by atoms with Crippen LogP contribution in [-0.4, -0.2) is 40.0 Å². The summed E-state index contributed by atoms with van der Waals surface area (Å²) in [6.07, 6.45) is -0.0909. The zero-order chi connectivity index (χ0) is 24.3. The first kappa shape index (κ1) is 24.0. The van der Waals surface area contributed by atoms with Crippen molar-refractivity contribution in [3.63, 3.8) is 0 Å². The Hall–Kier alpha value is -3.10. The van der Waals surface area contributed by atoms with Crippen molar-refractivity contribution in [2.75, 3.05) is 6.54 Å². The molecule has 0 saturated carbocycles. The molecule has 0 aliphatic carbocycles. The normalized spacial score (nSPS) is 18.2. The van der Waals surface area contributed by atoms with Gasteiger partial charge in [-0.05, 0) is 50.6 Å². The van der Waals surface area contributed by atoms with Gasteiger partial charge in [-0.3, -0.25) is 9.69 Å². The zero-order valence-corrected chi connectivity index (χ0v) is 20.2. The molecule has 2 atom stereocenters. The monoisotopic (exact) mass is 482 g/mol. The molecule has 0 radical (unpaired) electrons. The van der Waals surface area contributed by atoms with Crippen molar-refractivity contribution >= 4 is 23.2 Å². The van der Waals surface area contributed by atoms with Crippen molar-refractivity contribution in [1.82, 2.24) is 9.88 Å². The second-order valence-electron chi connectivity index (χ2n) is 9.21. The highest BCUT2D eigenvalue weighted by Crippen LogP contribution is 2.37. The average Bonchev–Trinajstić information content (AvgIpc) is 3.45. The molecule has 3 aromatic rings. The van der Waals surface area contributed by atoms with E-state index in [0.717, 1.165) is 5.56 Å². The molecular weight excluding hydrogens is 455 g/mol. The first-order valence-electron chi connectivity index (χ1n) is 11.1. The number of nitrogens with zero attached hydrogens (tertiary/aromatic N) is 2. The Balaban J connectivity index is 1.52. The highest BCUT2D eigenvalue weighted by molar-refractivity contribution is 7.10. The van der Waals surface area contributed by atoms with Gasteiger partial charge >= 0.3 is 6.09 Å². The standard InChI is InChI=1S/C26H27FN2O4S/c1-26(2,3)33-25(31)29-14-20(32-15-17-7-5-4-6-8-17)13-22(29)24-28-21(16-34-24)23(30)18-9-11-19(27)12-10-18/h4-12,16,20,22H,13-15H2,1-3H3/t20-,22+/m1/s1. The summed E-state index contributed by atoms with van der Waals surface area (Å²) in [5, 5.41) is 2.31. The molecule has 1 aliphatic rings. The van der Waals surface area contributed by atoms with E-state index in [-0.39, 0.29) is 23.6 Å². The number of thiazole rings is 1. The molecule has 0 N–H and O–H groups in total. The molecule has 0 spiro atoms. The quantitative estimate of drug-likeness (QED) is 0.417. The number of hydrogen-bond acceptors (Lipinski definition) is 6. The minimum atomic E-state index is -0.642. The lowest BCUT2D eigenvalue weighted by Gasteiger charge is -2.27. The van der Waals surface area contributed by atoms with Crippen LogP contribution in [0, 0.1) is 5.82 Å². The third kappa shape index (κ3) is 5.87. The number of halogens is 1. The Morgan fingerprint density at radius 1 is 1.12 bits per heavy atom. The van der Waals surface area contributed by atoms with Gasteiger partial charge in [0, 0.05) is 17.4 Å². The maximum atomic E-state index is 13.2. The molecule has 2 heterocycles. The van der Waals surface area contributed by atoms with Crippen LogP contribution in [0.5, 0.6) is 0 Å². The molecule has 2 aromatic carbocycles. The van der Waals surface area contributed by atoms with Gasteiger partial charge in [0.15, 0.2) is 0 Å². The predicted molar refractivity (Wildman–Crippen MR) is 127 cm³/mol. The Morgan fingerprint density at radius 3 is 2.50 bits per heavy atom. The second kappa shape index (κ2) is 10.0. The minimum Gasteiger partial charge on any atom is -0.444 e. The highest BCUT2D eigenvalue weighted by Gasteiger charge is 2.40. The van der Waals surface area contributed by atoms with Crippen LogP contribution in [0.1, 0.15) is 59.9 Å². The van der Waals surface area contributed by atoms with Gasteiger partial charge in [-0.15, -0.1) is 11.3 Å². The number of benzene rings is 2. The lowest BCUT2D eigenvalue weighted by Crippen LogP contribution is -2.37. The number of hydrogen-bond donors (Lipinski definition) is 0. The number of ether oxygens (including phenoxy) is 2. The molecule has 4 rings (SSSR count). The first-order chi connectivity index (χ1) is 16.2. The summed E-state index contributed by atoms with van der Waals surface area (Å²) in [5.41, 5.74) is 1.04. The van der Waals surface area contributed by atoms with Crippen LogP contribution < -0.4 is 0 Å². The molecule has 34 heavy (non-hydrogen) atoms. The van der Waals surface area contributed by atoms with Crippen molar-refractivity contribution in [3.05, 3.63) is 87.6 Å². The third-order valence-electron chi connectivity index (χ3n) is 5.37. The van der Waals surface area contributed by atoms with Crippen molar-refractivity contribution in [3.8, 4) is 0 Å². The van der Waals surface area contributed by atoms with E-state index >= 15 is 0 Å².